The highest BCUT2D eigenvalue weighted by Gasteiger charge is 2.19. The van der Waals surface area contributed by atoms with E-state index >= 15 is 0 Å². The lowest BCUT2D eigenvalue weighted by atomic mass is 10.3. The van der Waals surface area contributed by atoms with E-state index in [0.717, 1.165) is 5.82 Å². The molecule has 0 bridgehead atoms. The Morgan fingerprint density at radius 3 is 2.60 bits per heavy atom. The number of allylic oxidation sites excluding steroid dienone is 1. The van der Waals surface area contributed by atoms with Crippen LogP contribution in [0.1, 0.15) is 12.7 Å². The molecule has 134 valence electrons. The first-order valence-electron chi connectivity index (χ1n) is 7.33. The molecule has 2 rings (SSSR count). The maximum atomic E-state index is 12.3. The molecule has 0 fully saturated rings. The van der Waals surface area contributed by atoms with Gasteiger partial charge >= 0.3 is 0 Å². The molecule has 0 aliphatic rings. The van der Waals surface area contributed by atoms with Gasteiger partial charge in [0.05, 0.1) is 10.1 Å². The van der Waals surface area contributed by atoms with Crippen LogP contribution in [-0.2, 0) is 21.4 Å². The predicted octanol–water partition coefficient (Wildman–Crippen LogP) is 1.54. The molecule has 0 aliphatic heterocycles. The number of nitrogens with two attached hydrogens (primary N) is 1. The summed E-state index contributed by atoms with van der Waals surface area (Å²) in [6.07, 6.45) is 1.73. The number of hydrogen-bond donors (Lipinski definition) is 2. The van der Waals surface area contributed by atoms with E-state index in [1.165, 1.54) is 36.0 Å². The quantitative estimate of drug-likeness (QED) is 0.554. The Labute approximate surface area is 150 Å². The number of nitrogens with zero attached hydrogens (tertiary/aromatic N) is 3. The number of rotatable bonds is 7. The summed E-state index contributed by atoms with van der Waals surface area (Å²) in [5, 5.41) is 16.0. The second-order valence-electron chi connectivity index (χ2n) is 5.25. The summed E-state index contributed by atoms with van der Waals surface area (Å²) in [6.45, 7) is 7.84. The largest absolute Gasteiger partial charge is 0.325 e. The van der Waals surface area contributed by atoms with E-state index in [1.54, 1.807) is 13.0 Å². The molecule has 2 aromatic rings. The minimum Gasteiger partial charge on any atom is -0.325 e. The lowest BCUT2D eigenvalue weighted by molar-refractivity contribution is -0.115. The number of carbonyl (C=O) groups is 1. The van der Waals surface area contributed by atoms with E-state index in [9.17, 15) is 13.2 Å². The smallest absolute Gasteiger partial charge is 0.238 e. The lowest BCUT2D eigenvalue weighted by Crippen LogP contribution is -2.23. The minimum absolute atomic E-state index is 0.0130. The van der Waals surface area contributed by atoms with Crippen molar-refractivity contribution >= 4 is 33.4 Å². The number of aromatic nitrogens is 3. The van der Waals surface area contributed by atoms with Crippen molar-refractivity contribution in [1.29, 1.82) is 0 Å². The molecule has 25 heavy (non-hydrogen) atoms. The van der Waals surface area contributed by atoms with Crippen LogP contribution in [0.4, 0.5) is 5.69 Å². The average Bonchev–Trinajstić information content (AvgIpc) is 2.88. The second kappa shape index (κ2) is 7.81. The topological polar surface area (TPSA) is 120 Å². The van der Waals surface area contributed by atoms with Crippen LogP contribution in [-0.4, -0.2) is 34.3 Å². The summed E-state index contributed by atoms with van der Waals surface area (Å²) in [7, 11) is -3.76. The van der Waals surface area contributed by atoms with Gasteiger partial charge in [-0.1, -0.05) is 17.8 Å². The van der Waals surface area contributed by atoms with Crippen molar-refractivity contribution in [3.63, 3.8) is 0 Å². The number of carbonyl (C=O) groups excluding carboxylic acids is 1. The Morgan fingerprint density at radius 2 is 2.04 bits per heavy atom. The second-order valence-corrected chi connectivity index (χ2v) is 8.12. The predicted molar refractivity (Wildman–Crippen MR) is 96.7 cm³/mol. The SMILES string of the molecule is C=CCn1c(C)nnc1SC(C)C(=O)Nc1ccc(S(N)(=O)=O)cc1. The molecular weight excluding hydrogens is 362 g/mol. The van der Waals surface area contributed by atoms with Crippen molar-refractivity contribution in [3.05, 3.63) is 42.7 Å². The first-order chi connectivity index (χ1) is 11.7. The molecule has 8 nitrogen and oxygen atoms in total. The first-order valence-corrected chi connectivity index (χ1v) is 9.76. The molecule has 1 unspecified atom stereocenters. The number of primary sulfonamides is 1. The van der Waals surface area contributed by atoms with Gasteiger partial charge in [0.1, 0.15) is 5.82 Å². The highest BCUT2D eigenvalue weighted by Crippen LogP contribution is 2.23. The molecule has 1 aromatic carbocycles. The fourth-order valence-corrected chi connectivity index (χ4v) is 3.39. The van der Waals surface area contributed by atoms with Gasteiger partial charge in [-0.25, -0.2) is 13.6 Å². The maximum absolute atomic E-state index is 12.3. The van der Waals surface area contributed by atoms with Crippen molar-refractivity contribution in [2.45, 2.75) is 35.7 Å². The van der Waals surface area contributed by atoms with Crippen LogP contribution in [0.5, 0.6) is 0 Å². The van der Waals surface area contributed by atoms with Gasteiger partial charge in [0, 0.05) is 12.2 Å². The molecule has 1 atom stereocenters. The molecule has 0 radical (unpaired) electrons. The number of nitrogens with one attached hydrogen (secondary N) is 1. The van der Waals surface area contributed by atoms with Crippen molar-refractivity contribution in [3.8, 4) is 0 Å². The monoisotopic (exact) mass is 381 g/mol. The number of thioether (sulfide) groups is 1. The average molecular weight is 381 g/mol. The maximum Gasteiger partial charge on any atom is 0.238 e. The Bertz CT molecular complexity index is 875. The molecule has 0 spiro atoms. The molecule has 0 saturated carbocycles. The zero-order chi connectivity index (χ0) is 18.6. The highest BCUT2D eigenvalue weighted by molar-refractivity contribution is 8.00. The van der Waals surface area contributed by atoms with E-state index < -0.39 is 15.3 Å². The molecule has 0 saturated heterocycles. The number of anilines is 1. The Kier molecular flexibility index (Phi) is 5.98. The molecule has 1 aromatic heterocycles. The molecule has 10 heteroatoms. The van der Waals surface area contributed by atoms with Gasteiger partial charge < -0.3 is 9.88 Å². The first kappa shape index (κ1) is 19.2. The number of aryl methyl sites for hydroxylation is 1. The van der Waals surface area contributed by atoms with Gasteiger partial charge in [0.15, 0.2) is 5.16 Å². The van der Waals surface area contributed by atoms with E-state index in [1.807, 2.05) is 11.5 Å². The molecule has 1 heterocycles. The standard InChI is InChI=1S/C15H19N5O3S2/c1-4-9-20-11(3)18-19-15(20)24-10(2)14(21)17-12-5-7-13(8-6-12)25(16,22)23/h4-8,10H,1,9H2,2-3H3,(H,17,21)(H2,16,22,23). The third kappa shape index (κ3) is 4.91. The van der Waals surface area contributed by atoms with Crippen molar-refractivity contribution < 1.29 is 13.2 Å². The summed E-state index contributed by atoms with van der Waals surface area (Å²) >= 11 is 1.28. The van der Waals surface area contributed by atoms with Gasteiger partial charge in [0.25, 0.3) is 0 Å². The Balaban J connectivity index is 2.04. The van der Waals surface area contributed by atoms with Gasteiger partial charge in [0.2, 0.25) is 15.9 Å². The number of benzene rings is 1. The number of sulfonamides is 1. The third-order valence-electron chi connectivity index (χ3n) is 3.32. The van der Waals surface area contributed by atoms with Crippen molar-refractivity contribution in [2.75, 3.05) is 5.32 Å². The van der Waals surface area contributed by atoms with Crippen LogP contribution in [0.3, 0.4) is 0 Å². The summed E-state index contributed by atoms with van der Waals surface area (Å²) in [5.41, 5.74) is 0.480. The van der Waals surface area contributed by atoms with Crippen molar-refractivity contribution in [1.82, 2.24) is 14.8 Å². The van der Waals surface area contributed by atoms with Crippen LogP contribution in [0.25, 0.3) is 0 Å². The third-order valence-corrected chi connectivity index (χ3v) is 5.32. The lowest BCUT2D eigenvalue weighted by Gasteiger charge is -2.12. The summed E-state index contributed by atoms with van der Waals surface area (Å²) in [5.74, 6) is 0.507. The van der Waals surface area contributed by atoms with Gasteiger partial charge in [-0.3, -0.25) is 4.79 Å². The molecule has 1 amide bonds. The normalized spacial score (nSPS) is 12.6. The fourth-order valence-electron chi connectivity index (χ4n) is 1.97. The van der Waals surface area contributed by atoms with Crippen LogP contribution >= 0.6 is 11.8 Å². The Morgan fingerprint density at radius 1 is 1.40 bits per heavy atom. The van der Waals surface area contributed by atoms with Crippen LogP contribution in [0, 0.1) is 6.92 Å². The number of hydrogen-bond acceptors (Lipinski definition) is 6. The van der Waals surface area contributed by atoms with Gasteiger partial charge in [-0.15, -0.1) is 16.8 Å². The molecule has 3 N–H and O–H groups in total. The van der Waals surface area contributed by atoms with Crippen LogP contribution in [0.2, 0.25) is 0 Å². The summed E-state index contributed by atoms with van der Waals surface area (Å²) in [6, 6.07) is 5.65. The van der Waals surface area contributed by atoms with Crippen LogP contribution in [0.15, 0.2) is 47.0 Å². The van der Waals surface area contributed by atoms with E-state index in [2.05, 4.69) is 22.1 Å². The summed E-state index contributed by atoms with van der Waals surface area (Å²) < 4.78 is 24.3. The fraction of sp³-hybridized carbons (Fsp3) is 0.267. The zero-order valence-corrected chi connectivity index (χ0v) is 15.5. The zero-order valence-electron chi connectivity index (χ0n) is 13.8. The molecular formula is C15H19N5O3S2. The highest BCUT2D eigenvalue weighted by atomic mass is 32.2. The van der Waals surface area contributed by atoms with Gasteiger partial charge in [-0.2, -0.15) is 0 Å². The van der Waals surface area contributed by atoms with E-state index in [-0.39, 0.29) is 10.8 Å². The van der Waals surface area contributed by atoms with Crippen LogP contribution < -0.4 is 10.5 Å². The molecule has 0 aliphatic carbocycles. The Hall–Kier alpha value is -2.17. The van der Waals surface area contributed by atoms with E-state index in [0.29, 0.717) is 17.4 Å². The summed E-state index contributed by atoms with van der Waals surface area (Å²) in [4.78, 5) is 12.3. The number of amides is 1. The van der Waals surface area contributed by atoms with E-state index in [4.69, 9.17) is 5.14 Å². The van der Waals surface area contributed by atoms with Crippen molar-refractivity contribution in [2.24, 2.45) is 5.14 Å². The minimum atomic E-state index is -3.76. The van der Waals surface area contributed by atoms with Gasteiger partial charge in [-0.05, 0) is 38.1 Å².